The third-order valence-corrected chi connectivity index (χ3v) is 3.91. The number of anilines is 1. The van der Waals surface area contributed by atoms with E-state index in [1.54, 1.807) is 0 Å². The van der Waals surface area contributed by atoms with Crippen LogP contribution in [0.1, 0.15) is 31.4 Å². The second-order valence-corrected chi connectivity index (χ2v) is 5.29. The maximum absolute atomic E-state index is 3.57. The first kappa shape index (κ1) is 12.4. The average Bonchev–Trinajstić information content (AvgIpc) is 2.32. The molecule has 1 aliphatic rings. The van der Waals surface area contributed by atoms with Gasteiger partial charge in [-0.2, -0.15) is 0 Å². The van der Waals surface area contributed by atoms with Crippen LogP contribution in [0.5, 0.6) is 0 Å². The summed E-state index contributed by atoms with van der Waals surface area (Å²) in [5, 5.41) is 3.57. The molecule has 17 heavy (non-hydrogen) atoms. The lowest BCUT2D eigenvalue weighted by atomic mass is 10.0. The Bertz CT molecular complexity index is 387. The zero-order valence-corrected chi connectivity index (χ0v) is 11.5. The number of hydrogen-bond donors (Lipinski definition) is 1. The summed E-state index contributed by atoms with van der Waals surface area (Å²) in [7, 11) is 0. The van der Waals surface area contributed by atoms with Crippen molar-refractivity contribution in [3.8, 4) is 0 Å². The van der Waals surface area contributed by atoms with Gasteiger partial charge in [0.1, 0.15) is 0 Å². The maximum Gasteiger partial charge on any atom is 0.0412 e. The van der Waals surface area contributed by atoms with Gasteiger partial charge in [-0.25, -0.2) is 0 Å². The summed E-state index contributed by atoms with van der Waals surface area (Å²) in [5.74, 6) is 0. The molecule has 0 radical (unpaired) electrons. The number of aryl methyl sites for hydroxylation is 2. The van der Waals surface area contributed by atoms with Crippen LogP contribution in [0.15, 0.2) is 18.2 Å². The van der Waals surface area contributed by atoms with Gasteiger partial charge in [0.05, 0.1) is 0 Å². The van der Waals surface area contributed by atoms with Gasteiger partial charge in [0.25, 0.3) is 0 Å². The Hall–Kier alpha value is -1.02. The first-order chi connectivity index (χ1) is 8.11. The van der Waals surface area contributed by atoms with Gasteiger partial charge in [-0.15, -0.1) is 0 Å². The lowest BCUT2D eigenvalue weighted by Crippen LogP contribution is -2.55. The van der Waals surface area contributed by atoms with Gasteiger partial charge in [-0.1, -0.05) is 13.0 Å². The average molecular weight is 232 g/mol. The smallest absolute Gasteiger partial charge is 0.0412 e. The molecule has 0 aliphatic carbocycles. The number of hydrogen-bond acceptors (Lipinski definition) is 2. The van der Waals surface area contributed by atoms with Crippen molar-refractivity contribution in [1.29, 1.82) is 0 Å². The third kappa shape index (κ3) is 2.63. The quantitative estimate of drug-likeness (QED) is 0.843. The monoisotopic (exact) mass is 232 g/mol. The Morgan fingerprint density at radius 1 is 1.29 bits per heavy atom. The standard InChI is InChI=1S/C15H24N2/c1-5-14-9-16-13(4)10-17(14)15-7-6-11(2)12(3)8-15/h6-8,13-14,16H,5,9-10H2,1-4H3. The number of nitrogens with zero attached hydrogens (tertiary/aromatic N) is 1. The highest BCUT2D eigenvalue weighted by molar-refractivity contribution is 5.52. The Labute approximate surface area is 105 Å². The highest BCUT2D eigenvalue weighted by Gasteiger charge is 2.24. The summed E-state index contributed by atoms with van der Waals surface area (Å²) in [5.41, 5.74) is 4.15. The molecule has 1 saturated heterocycles. The van der Waals surface area contributed by atoms with Gasteiger partial charge in [-0.3, -0.25) is 0 Å². The fourth-order valence-electron chi connectivity index (χ4n) is 2.54. The molecule has 1 aromatic rings. The summed E-state index contributed by atoms with van der Waals surface area (Å²) < 4.78 is 0. The van der Waals surface area contributed by atoms with Gasteiger partial charge in [-0.05, 0) is 50.5 Å². The van der Waals surface area contributed by atoms with Gasteiger partial charge in [0, 0.05) is 30.9 Å². The molecular weight excluding hydrogens is 208 g/mol. The van der Waals surface area contributed by atoms with Gasteiger partial charge < -0.3 is 10.2 Å². The normalized spacial score (nSPS) is 25.1. The highest BCUT2D eigenvalue weighted by Crippen LogP contribution is 2.23. The summed E-state index contributed by atoms with van der Waals surface area (Å²) in [6.45, 7) is 11.1. The van der Waals surface area contributed by atoms with Crippen molar-refractivity contribution in [2.75, 3.05) is 18.0 Å². The van der Waals surface area contributed by atoms with E-state index in [0.717, 1.165) is 13.1 Å². The van der Waals surface area contributed by atoms with E-state index >= 15 is 0 Å². The molecule has 2 heteroatoms. The Kier molecular flexibility index (Phi) is 3.72. The van der Waals surface area contributed by atoms with Crippen molar-refractivity contribution in [2.45, 2.75) is 46.2 Å². The van der Waals surface area contributed by atoms with Crippen LogP contribution >= 0.6 is 0 Å². The number of benzene rings is 1. The molecule has 0 spiro atoms. The Morgan fingerprint density at radius 2 is 2.06 bits per heavy atom. The predicted octanol–water partition coefficient (Wildman–Crippen LogP) is 2.88. The largest absolute Gasteiger partial charge is 0.366 e. The summed E-state index contributed by atoms with van der Waals surface area (Å²) >= 11 is 0. The van der Waals surface area contributed by atoms with Gasteiger partial charge in [0.15, 0.2) is 0 Å². The van der Waals surface area contributed by atoms with Gasteiger partial charge in [0.2, 0.25) is 0 Å². The molecule has 2 nitrogen and oxygen atoms in total. The predicted molar refractivity (Wildman–Crippen MR) is 74.8 cm³/mol. The molecule has 2 rings (SSSR count). The zero-order valence-electron chi connectivity index (χ0n) is 11.5. The molecule has 1 aromatic carbocycles. The van der Waals surface area contributed by atoms with E-state index in [4.69, 9.17) is 0 Å². The SMILES string of the molecule is CCC1CNC(C)CN1c1ccc(C)c(C)c1. The van der Waals surface area contributed by atoms with E-state index in [0.29, 0.717) is 12.1 Å². The van der Waals surface area contributed by atoms with Crippen LogP contribution in [0.4, 0.5) is 5.69 Å². The highest BCUT2D eigenvalue weighted by atomic mass is 15.2. The number of piperazine rings is 1. The molecule has 0 amide bonds. The van der Waals surface area contributed by atoms with Crippen molar-refractivity contribution in [3.05, 3.63) is 29.3 Å². The second kappa shape index (κ2) is 5.09. The summed E-state index contributed by atoms with van der Waals surface area (Å²) in [4.78, 5) is 2.56. The Balaban J connectivity index is 2.25. The van der Waals surface area contributed by atoms with Crippen LogP contribution in [-0.4, -0.2) is 25.2 Å². The molecule has 0 aromatic heterocycles. The summed E-state index contributed by atoms with van der Waals surface area (Å²) in [6.07, 6.45) is 1.20. The van der Waals surface area contributed by atoms with Crippen LogP contribution in [0, 0.1) is 13.8 Å². The minimum Gasteiger partial charge on any atom is -0.366 e. The van der Waals surface area contributed by atoms with Crippen molar-refractivity contribution in [2.24, 2.45) is 0 Å². The van der Waals surface area contributed by atoms with E-state index in [2.05, 4.69) is 56.1 Å². The molecule has 94 valence electrons. The molecule has 1 N–H and O–H groups in total. The second-order valence-electron chi connectivity index (χ2n) is 5.29. The molecule has 1 heterocycles. The number of rotatable bonds is 2. The molecular formula is C15H24N2. The summed E-state index contributed by atoms with van der Waals surface area (Å²) in [6, 6.07) is 8.05. The van der Waals surface area contributed by atoms with E-state index in [-0.39, 0.29) is 0 Å². The fraction of sp³-hybridized carbons (Fsp3) is 0.600. The lowest BCUT2D eigenvalue weighted by molar-refractivity contribution is 0.402. The van der Waals surface area contributed by atoms with Crippen molar-refractivity contribution < 1.29 is 0 Å². The van der Waals surface area contributed by atoms with Gasteiger partial charge >= 0.3 is 0 Å². The fourth-order valence-corrected chi connectivity index (χ4v) is 2.54. The van der Waals surface area contributed by atoms with Crippen LogP contribution in [-0.2, 0) is 0 Å². The molecule has 2 unspecified atom stereocenters. The van der Waals surface area contributed by atoms with Crippen molar-refractivity contribution in [1.82, 2.24) is 5.32 Å². The Morgan fingerprint density at radius 3 is 2.71 bits per heavy atom. The topological polar surface area (TPSA) is 15.3 Å². The molecule has 0 saturated carbocycles. The molecule has 1 fully saturated rings. The van der Waals surface area contributed by atoms with Crippen LogP contribution < -0.4 is 10.2 Å². The van der Waals surface area contributed by atoms with E-state index in [9.17, 15) is 0 Å². The molecule has 1 aliphatic heterocycles. The minimum atomic E-state index is 0.583. The number of nitrogens with one attached hydrogen (secondary N) is 1. The van der Waals surface area contributed by atoms with E-state index in [1.807, 2.05) is 0 Å². The lowest BCUT2D eigenvalue weighted by Gasteiger charge is -2.41. The van der Waals surface area contributed by atoms with Crippen LogP contribution in [0.3, 0.4) is 0 Å². The van der Waals surface area contributed by atoms with Crippen LogP contribution in [0.25, 0.3) is 0 Å². The maximum atomic E-state index is 3.57. The third-order valence-electron chi connectivity index (χ3n) is 3.91. The van der Waals surface area contributed by atoms with Crippen LogP contribution in [0.2, 0.25) is 0 Å². The van der Waals surface area contributed by atoms with Crippen molar-refractivity contribution in [3.63, 3.8) is 0 Å². The molecule has 0 bridgehead atoms. The van der Waals surface area contributed by atoms with E-state index < -0.39 is 0 Å². The first-order valence-electron chi connectivity index (χ1n) is 6.69. The van der Waals surface area contributed by atoms with E-state index in [1.165, 1.54) is 23.2 Å². The minimum absolute atomic E-state index is 0.583. The first-order valence-corrected chi connectivity index (χ1v) is 6.69. The zero-order chi connectivity index (χ0) is 12.4. The van der Waals surface area contributed by atoms with Crippen molar-refractivity contribution >= 4 is 5.69 Å². The molecule has 2 atom stereocenters.